The molecule has 0 aliphatic carbocycles. The molecule has 1 aliphatic heterocycles. The van der Waals surface area contributed by atoms with E-state index >= 15 is 0 Å². The number of rotatable bonds is 2. The lowest BCUT2D eigenvalue weighted by molar-refractivity contribution is 0.0697. The van der Waals surface area contributed by atoms with Crippen LogP contribution in [-0.4, -0.2) is 22.5 Å². The van der Waals surface area contributed by atoms with Crippen molar-refractivity contribution in [3.63, 3.8) is 0 Å². The molecule has 0 amide bonds. The van der Waals surface area contributed by atoms with Crippen LogP contribution in [0.15, 0.2) is 18.2 Å². The Bertz CT molecular complexity index is 482. The molecule has 1 aliphatic rings. The third-order valence-electron chi connectivity index (χ3n) is 2.72. The minimum absolute atomic E-state index is 0.363. The molecular weight excluding hydrogens is 202 g/mol. The van der Waals surface area contributed by atoms with E-state index in [1.165, 1.54) is 5.56 Å². The molecule has 82 valence electrons. The molecule has 3 heteroatoms. The van der Waals surface area contributed by atoms with E-state index in [1.54, 1.807) is 12.1 Å². The monoisotopic (exact) mass is 215 g/mol. The summed E-state index contributed by atoms with van der Waals surface area (Å²) >= 11 is 0. The summed E-state index contributed by atoms with van der Waals surface area (Å²) in [6.45, 7) is 4.23. The van der Waals surface area contributed by atoms with Gasteiger partial charge in [-0.15, -0.1) is 5.92 Å². The van der Waals surface area contributed by atoms with E-state index in [4.69, 9.17) is 5.11 Å². The Kier molecular flexibility index (Phi) is 2.93. The van der Waals surface area contributed by atoms with Crippen LogP contribution in [0.25, 0.3) is 0 Å². The second-order valence-electron chi connectivity index (χ2n) is 3.86. The van der Waals surface area contributed by atoms with Gasteiger partial charge in [-0.25, -0.2) is 4.79 Å². The highest BCUT2D eigenvalue weighted by Crippen LogP contribution is 2.23. The average molecular weight is 215 g/mol. The fourth-order valence-electron chi connectivity index (χ4n) is 1.90. The van der Waals surface area contributed by atoms with Gasteiger partial charge in [0.25, 0.3) is 0 Å². The topological polar surface area (TPSA) is 40.5 Å². The van der Waals surface area contributed by atoms with Crippen molar-refractivity contribution in [3.8, 4) is 11.8 Å². The molecule has 1 aromatic rings. The lowest BCUT2D eigenvalue weighted by atomic mass is 10.1. The molecule has 1 aromatic carbocycles. The molecule has 0 atom stereocenters. The van der Waals surface area contributed by atoms with Crippen molar-refractivity contribution in [2.45, 2.75) is 20.0 Å². The third kappa shape index (κ3) is 2.07. The maximum atomic E-state index is 10.8. The fourth-order valence-corrected chi connectivity index (χ4v) is 1.90. The van der Waals surface area contributed by atoms with Gasteiger partial charge in [-0.1, -0.05) is 12.0 Å². The molecule has 0 spiro atoms. The molecule has 1 N–H and O–H groups in total. The number of nitrogens with zero attached hydrogens (tertiary/aromatic N) is 1. The Morgan fingerprint density at radius 2 is 2.19 bits per heavy atom. The number of hydrogen-bond acceptors (Lipinski definition) is 2. The maximum absolute atomic E-state index is 10.8. The second kappa shape index (κ2) is 4.38. The van der Waals surface area contributed by atoms with Gasteiger partial charge in [0.15, 0.2) is 0 Å². The summed E-state index contributed by atoms with van der Waals surface area (Å²) in [7, 11) is 0. The van der Waals surface area contributed by atoms with Crippen LogP contribution >= 0.6 is 0 Å². The number of carboxylic acids is 1. The van der Waals surface area contributed by atoms with Gasteiger partial charge in [0.05, 0.1) is 12.1 Å². The van der Waals surface area contributed by atoms with Crippen molar-refractivity contribution in [1.82, 2.24) is 4.90 Å². The van der Waals surface area contributed by atoms with Crippen LogP contribution in [-0.2, 0) is 13.1 Å². The van der Waals surface area contributed by atoms with Crippen LogP contribution in [0.3, 0.4) is 0 Å². The van der Waals surface area contributed by atoms with E-state index in [0.717, 1.165) is 25.2 Å². The lowest BCUT2D eigenvalue weighted by Gasteiger charge is -2.08. The fraction of sp³-hybridized carbons (Fsp3) is 0.308. The first-order chi connectivity index (χ1) is 7.70. The number of carboxylic acid groups (broad SMARTS) is 1. The van der Waals surface area contributed by atoms with Crippen molar-refractivity contribution in [3.05, 3.63) is 34.9 Å². The Labute approximate surface area is 94.7 Å². The van der Waals surface area contributed by atoms with Crippen LogP contribution in [0.1, 0.15) is 28.4 Å². The first-order valence-electron chi connectivity index (χ1n) is 5.18. The van der Waals surface area contributed by atoms with Gasteiger partial charge in [-0.3, -0.25) is 4.90 Å². The predicted molar refractivity (Wildman–Crippen MR) is 61.0 cm³/mol. The molecule has 0 aromatic heterocycles. The first kappa shape index (κ1) is 10.7. The van der Waals surface area contributed by atoms with Crippen molar-refractivity contribution >= 4 is 5.97 Å². The van der Waals surface area contributed by atoms with Crippen molar-refractivity contribution in [2.24, 2.45) is 0 Å². The van der Waals surface area contributed by atoms with Gasteiger partial charge < -0.3 is 5.11 Å². The van der Waals surface area contributed by atoms with E-state index in [0.29, 0.717) is 5.56 Å². The molecule has 0 unspecified atom stereocenters. The van der Waals surface area contributed by atoms with Crippen LogP contribution < -0.4 is 0 Å². The van der Waals surface area contributed by atoms with E-state index in [2.05, 4.69) is 16.7 Å². The summed E-state index contributed by atoms with van der Waals surface area (Å²) in [5.74, 6) is 5.02. The zero-order valence-electron chi connectivity index (χ0n) is 9.16. The number of benzene rings is 1. The van der Waals surface area contributed by atoms with Gasteiger partial charge in [0.2, 0.25) is 0 Å². The van der Waals surface area contributed by atoms with Crippen molar-refractivity contribution in [2.75, 3.05) is 6.54 Å². The third-order valence-corrected chi connectivity index (χ3v) is 2.72. The summed E-state index contributed by atoms with van der Waals surface area (Å²) in [4.78, 5) is 13.0. The average Bonchev–Trinajstić information content (AvgIpc) is 2.67. The number of fused-ring (bicyclic) bond motifs is 1. The smallest absolute Gasteiger partial charge is 0.335 e. The largest absolute Gasteiger partial charge is 0.478 e. The van der Waals surface area contributed by atoms with E-state index in [1.807, 2.05) is 13.0 Å². The molecule has 0 radical (unpaired) electrons. The zero-order chi connectivity index (χ0) is 11.5. The van der Waals surface area contributed by atoms with Crippen LogP contribution in [0.5, 0.6) is 0 Å². The molecule has 0 fully saturated rings. The molecular formula is C13H13NO2. The predicted octanol–water partition coefficient (Wildman–Crippen LogP) is 1.72. The molecule has 1 heterocycles. The summed E-state index contributed by atoms with van der Waals surface area (Å²) in [5, 5.41) is 8.89. The molecule has 0 bridgehead atoms. The van der Waals surface area contributed by atoms with Crippen LogP contribution in [0, 0.1) is 11.8 Å². The molecule has 2 rings (SSSR count). The number of hydrogen-bond donors (Lipinski definition) is 1. The normalized spacial score (nSPS) is 14.1. The lowest BCUT2D eigenvalue weighted by Crippen LogP contribution is -2.16. The van der Waals surface area contributed by atoms with Gasteiger partial charge in [-0.2, -0.15) is 0 Å². The van der Waals surface area contributed by atoms with Gasteiger partial charge in [-0.05, 0) is 30.2 Å². The SMILES string of the molecule is CC#CCN1Cc2ccc(C(=O)O)cc2C1. The number of aromatic carboxylic acids is 1. The highest BCUT2D eigenvalue weighted by Gasteiger charge is 2.19. The Balaban J connectivity index is 2.17. The Morgan fingerprint density at radius 1 is 1.44 bits per heavy atom. The maximum Gasteiger partial charge on any atom is 0.335 e. The standard InChI is InChI=1S/C13H13NO2/c1-2-3-6-14-8-11-5-4-10(13(15)16)7-12(11)9-14/h4-5,7H,6,8-9H2,1H3,(H,15,16). The summed E-state index contributed by atoms with van der Waals surface area (Å²) in [6.07, 6.45) is 0. The minimum Gasteiger partial charge on any atom is -0.478 e. The van der Waals surface area contributed by atoms with E-state index in [9.17, 15) is 4.79 Å². The summed E-state index contributed by atoms with van der Waals surface area (Å²) in [6, 6.07) is 5.32. The Morgan fingerprint density at radius 3 is 2.88 bits per heavy atom. The highest BCUT2D eigenvalue weighted by molar-refractivity contribution is 5.87. The zero-order valence-corrected chi connectivity index (χ0v) is 9.16. The molecule has 3 nitrogen and oxygen atoms in total. The summed E-state index contributed by atoms with van der Waals surface area (Å²) < 4.78 is 0. The van der Waals surface area contributed by atoms with Crippen molar-refractivity contribution < 1.29 is 9.90 Å². The number of carbonyl (C=O) groups is 1. The Hall–Kier alpha value is -1.79. The first-order valence-corrected chi connectivity index (χ1v) is 5.18. The van der Waals surface area contributed by atoms with Gasteiger partial charge in [0.1, 0.15) is 0 Å². The van der Waals surface area contributed by atoms with Crippen LogP contribution in [0.2, 0.25) is 0 Å². The second-order valence-corrected chi connectivity index (χ2v) is 3.86. The van der Waals surface area contributed by atoms with Gasteiger partial charge >= 0.3 is 5.97 Å². The van der Waals surface area contributed by atoms with Crippen molar-refractivity contribution in [1.29, 1.82) is 0 Å². The molecule has 0 saturated carbocycles. The minimum atomic E-state index is -0.866. The van der Waals surface area contributed by atoms with E-state index < -0.39 is 5.97 Å². The quantitative estimate of drug-likeness (QED) is 0.764. The highest BCUT2D eigenvalue weighted by atomic mass is 16.4. The van der Waals surface area contributed by atoms with Crippen LogP contribution in [0.4, 0.5) is 0 Å². The molecule has 0 saturated heterocycles. The van der Waals surface area contributed by atoms with E-state index in [-0.39, 0.29) is 0 Å². The summed E-state index contributed by atoms with van der Waals surface area (Å²) in [5.41, 5.74) is 2.68. The van der Waals surface area contributed by atoms with Gasteiger partial charge in [0, 0.05) is 13.1 Å². The molecule has 16 heavy (non-hydrogen) atoms.